The van der Waals surface area contributed by atoms with E-state index in [2.05, 4.69) is 9.80 Å². The van der Waals surface area contributed by atoms with Crippen molar-refractivity contribution in [2.24, 2.45) is 0 Å². The molecule has 33 heavy (non-hydrogen) atoms. The Kier molecular flexibility index (Phi) is 8.23. The van der Waals surface area contributed by atoms with Crippen LogP contribution in [0.4, 0.5) is 10.1 Å². The van der Waals surface area contributed by atoms with E-state index in [1.54, 1.807) is 6.07 Å². The summed E-state index contributed by atoms with van der Waals surface area (Å²) in [5, 5.41) is 1.21. The van der Waals surface area contributed by atoms with Crippen molar-refractivity contribution in [2.45, 2.75) is 13.3 Å². The minimum absolute atomic E-state index is 0. The van der Waals surface area contributed by atoms with E-state index < -0.39 is 17.5 Å². The quantitative estimate of drug-likeness (QED) is 0.480. The zero-order chi connectivity index (χ0) is 22.8. The maximum atomic E-state index is 13.4. The molecule has 6 nitrogen and oxygen atoms in total. The van der Waals surface area contributed by atoms with E-state index in [0.717, 1.165) is 36.4 Å². The fraction of sp³-hybridized carbons (Fsp3) is 0.304. The largest absolute Gasteiger partial charge is 0.426 e. The summed E-state index contributed by atoms with van der Waals surface area (Å²) in [4.78, 5) is 28.9. The van der Waals surface area contributed by atoms with Crippen LogP contribution in [0.3, 0.4) is 0 Å². The van der Waals surface area contributed by atoms with Gasteiger partial charge in [-0.2, -0.15) is 0 Å². The van der Waals surface area contributed by atoms with E-state index in [4.69, 9.17) is 27.6 Å². The molecule has 176 valence electrons. The van der Waals surface area contributed by atoms with Gasteiger partial charge in [-0.15, -0.1) is 12.4 Å². The van der Waals surface area contributed by atoms with Crippen molar-refractivity contribution in [1.82, 2.24) is 9.47 Å². The molecule has 1 aromatic heterocycles. The molecule has 0 spiro atoms. The molecule has 2 aromatic carbocycles. The van der Waals surface area contributed by atoms with E-state index in [-0.39, 0.29) is 12.4 Å². The minimum Gasteiger partial charge on any atom is -0.412 e. The molecule has 1 saturated heterocycles. The van der Waals surface area contributed by atoms with Gasteiger partial charge in [-0.3, -0.25) is 9.69 Å². The number of aromatic nitrogens is 1. The molecule has 3 aromatic rings. The van der Waals surface area contributed by atoms with Crippen LogP contribution in [0.2, 0.25) is 10.0 Å². The van der Waals surface area contributed by atoms with Crippen molar-refractivity contribution >= 4 is 47.2 Å². The summed E-state index contributed by atoms with van der Waals surface area (Å²) in [6.45, 7) is 5.19. The van der Waals surface area contributed by atoms with Crippen molar-refractivity contribution in [3.05, 3.63) is 74.6 Å². The second kappa shape index (κ2) is 10.7. The van der Waals surface area contributed by atoms with Gasteiger partial charge in [0.1, 0.15) is 17.3 Å². The van der Waals surface area contributed by atoms with Crippen LogP contribution in [0.1, 0.15) is 17.5 Å². The molecule has 1 fully saturated rings. The fourth-order valence-electron chi connectivity index (χ4n) is 3.98. The fourth-order valence-corrected chi connectivity index (χ4v) is 4.49. The number of rotatable bonds is 5. The molecule has 0 amide bonds. The van der Waals surface area contributed by atoms with Gasteiger partial charge in [0.2, 0.25) is 5.91 Å². The van der Waals surface area contributed by atoms with Gasteiger partial charge in [-0.1, -0.05) is 23.2 Å². The lowest BCUT2D eigenvalue weighted by atomic mass is 10.1. The lowest BCUT2D eigenvalue weighted by Gasteiger charge is -2.36. The third kappa shape index (κ3) is 5.79. The zero-order valence-electron chi connectivity index (χ0n) is 17.9. The number of nitrogens with zero attached hydrogens (tertiary/aromatic N) is 3. The average Bonchev–Trinajstić information content (AvgIpc) is 3.09. The number of hydrogen-bond donors (Lipinski definition) is 0. The number of carbonyl (C=O) groups is 1. The molecule has 0 aliphatic carbocycles. The molecular weight excluding hydrogens is 492 g/mol. The van der Waals surface area contributed by atoms with E-state index in [9.17, 15) is 14.0 Å². The lowest BCUT2D eigenvalue weighted by molar-refractivity contribution is 0.0930. The van der Waals surface area contributed by atoms with E-state index in [1.165, 1.54) is 31.2 Å². The normalized spacial score (nSPS) is 14.2. The molecule has 4 rings (SSSR count). The molecule has 0 radical (unpaired) electrons. The molecule has 1 aliphatic heterocycles. The molecule has 0 N–H and O–H groups in total. The molecule has 10 heteroatoms. The molecule has 0 atom stereocenters. The number of piperazine rings is 1. The first kappa shape index (κ1) is 25.3. The monoisotopic (exact) mass is 513 g/mol. The van der Waals surface area contributed by atoms with Gasteiger partial charge < -0.3 is 9.32 Å². The average molecular weight is 515 g/mol. The predicted molar refractivity (Wildman–Crippen MR) is 131 cm³/mol. The first-order chi connectivity index (χ1) is 15.3. The van der Waals surface area contributed by atoms with Crippen LogP contribution >= 0.6 is 35.6 Å². The van der Waals surface area contributed by atoms with Gasteiger partial charge in [-0.05, 0) is 42.5 Å². The van der Waals surface area contributed by atoms with Gasteiger partial charge >= 0.3 is 5.76 Å². The summed E-state index contributed by atoms with van der Waals surface area (Å²) in [5.41, 5.74) is 1.94. The van der Waals surface area contributed by atoms with Gasteiger partial charge in [0.15, 0.2) is 0 Å². The van der Waals surface area contributed by atoms with Crippen LogP contribution in [0, 0.1) is 5.82 Å². The van der Waals surface area contributed by atoms with E-state index in [1.807, 2.05) is 12.1 Å². The summed E-state index contributed by atoms with van der Waals surface area (Å²) in [7, 11) is 0. The van der Waals surface area contributed by atoms with Crippen molar-refractivity contribution in [3.8, 4) is 11.3 Å². The SMILES string of the molecule is CC(=O)n1c(-c2ccc(F)cc2)c(CCN2CCN(c3cc(Cl)cc(Cl)c3)CC2)oc1=O.Cl. The first-order valence-electron chi connectivity index (χ1n) is 10.3. The zero-order valence-corrected chi connectivity index (χ0v) is 20.2. The number of halogens is 4. The van der Waals surface area contributed by atoms with Gasteiger partial charge in [0, 0.05) is 67.4 Å². The third-order valence-electron chi connectivity index (χ3n) is 5.55. The van der Waals surface area contributed by atoms with Crippen molar-refractivity contribution in [3.63, 3.8) is 0 Å². The number of carbonyl (C=O) groups excluding carboxylic acids is 1. The number of benzene rings is 2. The van der Waals surface area contributed by atoms with E-state index in [0.29, 0.717) is 40.0 Å². The van der Waals surface area contributed by atoms with Crippen LogP contribution in [0.15, 0.2) is 51.7 Å². The van der Waals surface area contributed by atoms with Crippen LogP contribution in [-0.4, -0.2) is 48.1 Å². The van der Waals surface area contributed by atoms with Crippen LogP contribution in [-0.2, 0) is 6.42 Å². The number of hydrogen-bond acceptors (Lipinski definition) is 5. The minimum atomic E-state index is -0.727. The Hall–Kier alpha value is -2.32. The summed E-state index contributed by atoms with van der Waals surface area (Å²) in [6.07, 6.45) is 0.450. The Balaban J connectivity index is 0.00000306. The van der Waals surface area contributed by atoms with Gasteiger partial charge in [-0.25, -0.2) is 13.8 Å². The molecule has 1 aliphatic rings. The Morgan fingerprint density at radius 1 is 1.03 bits per heavy atom. The highest BCUT2D eigenvalue weighted by Gasteiger charge is 2.23. The molecular formula is C23H23Cl3FN3O3. The third-order valence-corrected chi connectivity index (χ3v) is 5.99. The predicted octanol–water partition coefficient (Wildman–Crippen LogP) is 5.00. The topological polar surface area (TPSA) is 58.7 Å². The highest BCUT2D eigenvalue weighted by atomic mass is 35.5. The first-order valence-corrected chi connectivity index (χ1v) is 11.0. The smallest absolute Gasteiger partial charge is 0.412 e. The van der Waals surface area contributed by atoms with Crippen molar-refractivity contribution in [2.75, 3.05) is 37.6 Å². The highest BCUT2D eigenvalue weighted by Crippen LogP contribution is 2.27. The van der Waals surface area contributed by atoms with Crippen LogP contribution in [0.25, 0.3) is 11.3 Å². The van der Waals surface area contributed by atoms with Crippen LogP contribution in [0.5, 0.6) is 0 Å². The second-order valence-corrected chi connectivity index (χ2v) is 8.58. The maximum absolute atomic E-state index is 13.4. The Labute approximate surface area is 206 Å². The summed E-state index contributed by atoms with van der Waals surface area (Å²) in [5.74, 6) is -1.15. The lowest BCUT2D eigenvalue weighted by Crippen LogP contribution is -2.47. The number of anilines is 1. The standard InChI is InChI=1S/C23H22Cl2FN3O3.ClH/c1-15(30)29-22(16-2-4-19(26)5-3-16)21(32-23(29)31)6-7-27-8-10-28(11-9-27)20-13-17(24)12-18(25)14-20;/h2-5,12-14H,6-11H2,1H3;1H. The van der Waals surface area contributed by atoms with Gasteiger partial charge in [0.25, 0.3) is 0 Å². The maximum Gasteiger partial charge on any atom is 0.426 e. The Morgan fingerprint density at radius 3 is 2.21 bits per heavy atom. The summed E-state index contributed by atoms with van der Waals surface area (Å²) < 4.78 is 19.8. The van der Waals surface area contributed by atoms with Crippen LogP contribution < -0.4 is 10.7 Å². The Morgan fingerprint density at radius 2 is 1.64 bits per heavy atom. The summed E-state index contributed by atoms with van der Waals surface area (Å²) in [6, 6.07) is 11.2. The van der Waals surface area contributed by atoms with Gasteiger partial charge in [0.05, 0.1) is 0 Å². The van der Waals surface area contributed by atoms with E-state index >= 15 is 0 Å². The van der Waals surface area contributed by atoms with Crippen molar-refractivity contribution in [1.29, 1.82) is 0 Å². The molecule has 0 bridgehead atoms. The Bertz CT molecular complexity index is 1170. The molecule has 0 saturated carbocycles. The summed E-state index contributed by atoms with van der Waals surface area (Å²) >= 11 is 12.2. The highest BCUT2D eigenvalue weighted by molar-refractivity contribution is 6.35. The molecule has 0 unspecified atom stereocenters. The number of oxazole rings is 1. The van der Waals surface area contributed by atoms with Crippen molar-refractivity contribution < 1.29 is 13.6 Å². The second-order valence-electron chi connectivity index (χ2n) is 7.71. The molecule has 2 heterocycles.